The van der Waals surface area contributed by atoms with E-state index in [-0.39, 0.29) is 37.7 Å². The monoisotopic (exact) mass is 520 g/mol. The molecule has 0 saturated heterocycles. The molecule has 0 amide bonds. The van der Waals surface area contributed by atoms with E-state index in [9.17, 15) is 22.9 Å². The van der Waals surface area contributed by atoms with Gasteiger partial charge in [-0.2, -0.15) is 8.42 Å². The van der Waals surface area contributed by atoms with Gasteiger partial charge in [0.05, 0.1) is 12.8 Å². The molecule has 34 heavy (non-hydrogen) atoms. The van der Waals surface area contributed by atoms with Crippen LogP contribution in [0, 0.1) is 0 Å². The summed E-state index contributed by atoms with van der Waals surface area (Å²) in [6.45, 7) is 0. The summed E-state index contributed by atoms with van der Waals surface area (Å²) in [5, 5.41) is 9.90. The highest BCUT2D eigenvalue weighted by molar-refractivity contribution is 7.93. The standard InChI is InChI=1S/C22H17ClN2O7S2/c1-31-20-9-7-15(12-16(20)22(26)27)33(28)24-17-8-6-14(23)11-18(17)25-34(29,30)21-10-13-4-2-3-5-19(13)32-21/h2-12,24-25H,1H3,(H,26,27). The number of benzene rings is 3. The molecule has 0 aliphatic rings. The number of anilines is 2. The van der Waals surface area contributed by atoms with Gasteiger partial charge in [-0.1, -0.05) is 29.8 Å². The molecular formula is C22H17ClN2O7S2. The maximum absolute atomic E-state index is 12.9. The fraction of sp³-hybridized carbons (Fsp3) is 0.0455. The Morgan fingerprint density at radius 2 is 1.85 bits per heavy atom. The molecule has 0 bridgehead atoms. The number of nitrogens with one attached hydrogen (secondary N) is 2. The van der Waals surface area contributed by atoms with Crippen molar-refractivity contribution in [3.05, 3.63) is 77.3 Å². The first kappa shape index (κ1) is 23.8. The minimum atomic E-state index is -4.15. The summed E-state index contributed by atoms with van der Waals surface area (Å²) < 4.78 is 54.4. The fourth-order valence-electron chi connectivity index (χ4n) is 3.10. The second-order valence-electron chi connectivity index (χ2n) is 6.94. The van der Waals surface area contributed by atoms with Crippen LogP contribution in [0.4, 0.5) is 11.4 Å². The molecule has 9 nitrogen and oxygen atoms in total. The molecule has 1 atom stereocenters. The summed E-state index contributed by atoms with van der Waals surface area (Å²) in [5.41, 5.74) is 0.405. The lowest BCUT2D eigenvalue weighted by molar-refractivity contribution is 0.0693. The molecule has 0 spiro atoms. The largest absolute Gasteiger partial charge is 0.588 e. The average molecular weight is 521 g/mol. The van der Waals surface area contributed by atoms with Crippen LogP contribution in [0.3, 0.4) is 0 Å². The van der Waals surface area contributed by atoms with Crippen molar-refractivity contribution in [2.24, 2.45) is 0 Å². The lowest BCUT2D eigenvalue weighted by Gasteiger charge is -2.16. The number of hydrogen-bond acceptors (Lipinski definition) is 7. The van der Waals surface area contributed by atoms with E-state index >= 15 is 0 Å². The number of furan rings is 1. The maximum Gasteiger partial charge on any atom is 0.339 e. The van der Waals surface area contributed by atoms with Crippen LogP contribution in [-0.2, 0) is 21.4 Å². The molecule has 4 aromatic rings. The van der Waals surface area contributed by atoms with Crippen molar-refractivity contribution >= 4 is 61.3 Å². The smallest absolute Gasteiger partial charge is 0.339 e. The van der Waals surface area contributed by atoms with E-state index in [1.807, 2.05) is 0 Å². The molecule has 0 fully saturated rings. The topological polar surface area (TPSA) is 141 Å². The molecule has 3 N–H and O–H groups in total. The van der Waals surface area contributed by atoms with Crippen molar-refractivity contribution in [1.29, 1.82) is 0 Å². The van der Waals surface area contributed by atoms with Crippen LogP contribution >= 0.6 is 11.6 Å². The van der Waals surface area contributed by atoms with Crippen LogP contribution < -0.4 is 14.2 Å². The van der Waals surface area contributed by atoms with Gasteiger partial charge < -0.3 is 18.8 Å². The number of para-hydroxylation sites is 1. The number of hydrogen-bond donors (Lipinski definition) is 3. The third-order valence-corrected chi connectivity index (χ3v) is 7.25. The number of carboxylic acids is 1. The number of carbonyl (C=O) groups is 1. The van der Waals surface area contributed by atoms with Crippen LogP contribution in [0.5, 0.6) is 5.75 Å². The predicted molar refractivity (Wildman–Crippen MR) is 128 cm³/mol. The van der Waals surface area contributed by atoms with Crippen LogP contribution in [0.15, 0.2) is 81.1 Å². The number of sulfonamides is 1. The third-order valence-electron chi connectivity index (χ3n) is 4.71. The molecule has 176 valence electrons. The van der Waals surface area contributed by atoms with Crippen LogP contribution in [0.1, 0.15) is 10.4 Å². The van der Waals surface area contributed by atoms with Crippen LogP contribution in [-0.4, -0.2) is 31.2 Å². The first-order chi connectivity index (χ1) is 16.2. The van der Waals surface area contributed by atoms with E-state index in [2.05, 4.69) is 9.44 Å². The van der Waals surface area contributed by atoms with E-state index in [1.165, 1.54) is 49.6 Å². The molecular weight excluding hydrogens is 504 g/mol. The Kier molecular flexibility index (Phi) is 6.62. The normalized spacial score (nSPS) is 12.3. The lowest BCUT2D eigenvalue weighted by Crippen LogP contribution is -2.18. The number of ether oxygens (including phenoxy) is 1. The molecule has 1 unspecified atom stereocenters. The van der Waals surface area contributed by atoms with Gasteiger partial charge in [0.15, 0.2) is 4.90 Å². The fourth-order valence-corrected chi connectivity index (χ4v) is 5.23. The van der Waals surface area contributed by atoms with Crippen molar-refractivity contribution in [1.82, 2.24) is 0 Å². The van der Waals surface area contributed by atoms with Crippen molar-refractivity contribution in [2.45, 2.75) is 9.99 Å². The first-order valence-electron chi connectivity index (χ1n) is 9.58. The first-order valence-corrected chi connectivity index (χ1v) is 12.6. The van der Waals surface area contributed by atoms with Gasteiger partial charge in [-0.3, -0.25) is 4.72 Å². The predicted octanol–water partition coefficient (Wildman–Crippen LogP) is 4.73. The zero-order valence-electron chi connectivity index (χ0n) is 17.4. The maximum atomic E-state index is 12.9. The zero-order valence-corrected chi connectivity index (χ0v) is 19.8. The molecule has 4 rings (SSSR count). The Labute approximate surface area is 202 Å². The third kappa shape index (κ3) is 4.92. The molecule has 12 heteroatoms. The van der Waals surface area contributed by atoms with E-state index < -0.39 is 27.4 Å². The van der Waals surface area contributed by atoms with E-state index in [4.69, 9.17) is 20.8 Å². The minimum Gasteiger partial charge on any atom is -0.588 e. The highest BCUT2D eigenvalue weighted by Gasteiger charge is 2.24. The molecule has 3 aromatic carbocycles. The van der Waals surface area contributed by atoms with E-state index in [0.717, 1.165) is 0 Å². The number of fused-ring (bicyclic) bond motifs is 1. The van der Waals surface area contributed by atoms with Gasteiger partial charge in [-0.15, -0.1) is 0 Å². The Morgan fingerprint density at radius 3 is 2.56 bits per heavy atom. The molecule has 0 saturated carbocycles. The number of rotatable bonds is 8. The SMILES string of the molecule is COc1ccc([S+]([O-])Nc2ccc(Cl)cc2NS(=O)(=O)c2cc3ccccc3o2)cc1C(=O)O. The number of methoxy groups -OCH3 is 1. The second kappa shape index (κ2) is 9.47. The number of carboxylic acid groups (broad SMARTS) is 1. The Hall–Kier alpha value is -3.38. The average Bonchev–Trinajstić information content (AvgIpc) is 3.25. The number of aromatic carboxylic acids is 1. The van der Waals surface area contributed by atoms with Crippen molar-refractivity contribution < 1.29 is 32.0 Å². The van der Waals surface area contributed by atoms with Gasteiger partial charge in [0.25, 0.3) is 10.0 Å². The van der Waals surface area contributed by atoms with Gasteiger partial charge in [0, 0.05) is 22.5 Å². The summed E-state index contributed by atoms with van der Waals surface area (Å²) in [6, 6.07) is 16.5. The van der Waals surface area contributed by atoms with E-state index in [1.54, 1.807) is 24.3 Å². The zero-order chi connectivity index (χ0) is 24.5. The van der Waals surface area contributed by atoms with Crippen LogP contribution in [0.2, 0.25) is 5.02 Å². The van der Waals surface area contributed by atoms with Gasteiger partial charge in [-0.05, 0) is 36.4 Å². The van der Waals surface area contributed by atoms with Gasteiger partial charge in [0.2, 0.25) is 5.09 Å². The molecule has 0 radical (unpaired) electrons. The highest BCUT2D eigenvalue weighted by Crippen LogP contribution is 2.32. The molecule has 1 aromatic heterocycles. The molecule has 0 aliphatic carbocycles. The quantitative estimate of drug-likeness (QED) is 0.283. The minimum absolute atomic E-state index is 0.0216. The van der Waals surface area contributed by atoms with Gasteiger partial charge >= 0.3 is 5.97 Å². The Morgan fingerprint density at radius 1 is 1.09 bits per heavy atom. The number of halogens is 1. The van der Waals surface area contributed by atoms with Gasteiger partial charge in [-0.25, -0.2) is 9.52 Å². The lowest BCUT2D eigenvalue weighted by atomic mass is 10.2. The summed E-state index contributed by atoms with van der Waals surface area (Å²) >= 11 is 4.11. The van der Waals surface area contributed by atoms with E-state index in [0.29, 0.717) is 11.0 Å². The highest BCUT2D eigenvalue weighted by atomic mass is 35.5. The summed E-state index contributed by atoms with van der Waals surface area (Å²) in [5.74, 6) is -1.14. The van der Waals surface area contributed by atoms with Crippen molar-refractivity contribution in [3.63, 3.8) is 0 Å². The van der Waals surface area contributed by atoms with Crippen molar-refractivity contribution in [2.75, 3.05) is 16.6 Å². The Balaban J connectivity index is 1.63. The Bertz CT molecular complexity index is 1450. The van der Waals surface area contributed by atoms with Gasteiger partial charge in [0.1, 0.15) is 33.9 Å². The second-order valence-corrected chi connectivity index (χ2v) is 10.2. The van der Waals surface area contributed by atoms with Crippen LogP contribution in [0.25, 0.3) is 11.0 Å². The summed E-state index contributed by atoms with van der Waals surface area (Å²) in [6.07, 6.45) is 0. The summed E-state index contributed by atoms with van der Waals surface area (Å²) in [7, 11) is -2.83. The molecule has 0 aliphatic heterocycles. The summed E-state index contributed by atoms with van der Waals surface area (Å²) in [4.78, 5) is 11.6. The molecule has 1 heterocycles. The van der Waals surface area contributed by atoms with Crippen molar-refractivity contribution in [3.8, 4) is 5.75 Å².